The molecule has 2 N–H and O–H groups in total. The maximum Gasteiger partial charge on any atom is 0.195 e. The first-order valence-corrected chi connectivity index (χ1v) is 16.4. The highest BCUT2D eigenvalue weighted by molar-refractivity contribution is 5.97. The van der Waals surface area contributed by atoms with Gasteiger partial charge in [0.1, 0.15) is 5.60 Å². The van der Waals surface area contributed by atoms with Crippen molar-refractivity contribution in [3.63, 3.8) is 0 Å². The molecule has 9 rings (SSSR count). The fourth-order valence-electron chi connectivity index (χ4n) is 11.4. The Morgan fingerprint density at radius 2 is 1.70 bits per heavy atom. The first kappa shape index (κ1) is 27.1. The van der Waals surface area contributed by atoms with Gasteiger partial charge in [0.05, 0.1) is 16.8 Å². The maximum absolute atomic E-state index is 13.3. The topological polar surface area (TPSA) is 80.8 Å². The third-order valence-corrected chi connectivity index (χ3v) is 13.5. The molecule has 0 radical (unpaired) electrons. The Morgan fingerprint density at radius 3 is 2.47 bits per heavy atom. The molecule has 3 fully saturated rings. The number of benzene rings is 1. The van der Waals surface area contributed by atoms with Crippen LogP contribution in [0, 0.1) is 17.3 Å². The highest BCUT2D eigenvalue weighted by Crippen LogP contribution is 2.72. The molecule has 6 heteroatoms. The predicted octanol–water partition coefficient (Wildman–Crippen LogP) is 6.47. The summed E-state index contributed by atoms with van der Waals surface area (Å²) in [6, 6.07) is 4.85. The number of aromatic nitrogens is 1. The van der Waals surface area contributed by atoms with Gasteiger partial charge in [-0.25, -0.2) is 0 Å². The maximum atomic E-state index is 13.3. The minimum absolute atomic E-state index is 0.0857. The number of nitrogens with one attached hydrogen (secondary N) is 1. The van der Waals surface area contributed by atoms with Gasteiger partial charge in [0.15, 0.2) is 17.7 Å². The van der Waals surface area contributed by atoms with Crippen LogP contribution < -0.4 is 0 Å². The van der Waals surface area contributed by atoms with E-state index >= 15 is 0 Å². The number of ether oxygens (including phenoxy) is 3. The van der Waals surface area contributed by atoms with E-state index in [0.29, 0.717) is 30.3 Å². The lowest BCUT2D eigenvalue weighted by atomic mass is 9.42. The van der Waals surface area contributed by atoms with Crippen LogP contribution in [0.5, 0.6) is 0 Å². The predicted molar refractivity (Wildman–Crippen MR) is 165 cm³/mol. The monoisotopic (exact) mass is 583 g/mol. The molecule has 6 nitrogen and oxygen atoms in total. The van der Waals surface area contributed by atoms with Crippen LogP contribution in [0.1, 0.15) is 103 Å². The van der Waals surface area contributed by atoms with Gasteiger partial charge in [-0.3, -0.25) is 4.79 Å². The van der Waals surface area contributed by atoms with E-state index in [2.05, 4.69) is 64.7 Å². The lowest BCUT2D eigenvalue weighted by Gasteiger charge is -2.65. The van der Waals surface area contributed by atoms with Crippen LogP contribution in [0.2, 0.25) is 0 Å². The van der Waals surface area contributed by atoms with Crippen LogP contribution in [-0.4, -0.2) is 50.2 Å². The zero-order valence-electron chi connectivity index (χ0n) is 26.9. The zero-order chi connectivity index (χ0) is 30.3. The normalized spacial score (nSPS) is 44.1. The van der Waals surface area contributed by atoms with Crippen molar-refractivity contribution in [1.82, 2.24) is 4.98 Å². The van der Waals surface area contributed by atoms with E-state index in [1.54, 1.807) is 6.08 Å². The molecule has 7 aliphatic rings. The fourth-order valence-corrected chi connectivity index (χ4v) is 11.4. The number of hydrogen-bond acceptors (Lipinski definition) is 5. The molecule has 3 aliphatic heterocycles. The SMILES string of the molecule is CC1(C)C=C2c3cc4[nH]c5c(c4cc3C[C@@H]2C(C)(C)O1)C[C@@H]1CC[C@@]2(O)C3=CC(=O)C4O[C@@]3(CC[C@]2(C)[C@@]51C)OC4(C)C. The molecule has 1 unspecified atom stereocenters. The number of ketones is 1. The van der Waals surface area contributed by atoms with Crippen molar-refractivity contribution in [1.29, 1.82) is 0 Å². The van der Waals surface area contributed by atoms with Crippen molar-refractivity contribution >= 4 is 22.3 Å². The first-order valence-electron chi connectivity index (χ1n) is 16.4. The molecule has 4 aliphatic carbocycles. The lowest BCUT2D eigenvalue weighted by molar-refractivity contribution is -0.247. The Bertz CT molecular complexity index is 1740. The van der Waals surface area contributed by atoms with Gasteiger partial charge < -0.3 is 24.3 Å². The van der Waals surface area contributed by atoms with Crippen molar-refractivity contribution in [2.45, 2.75) is 134 Å². The molecule has 43 heavy (non-hydrogen) atoms. The second kappa shape index (κ2) is 7.41. The van der Waals surface area contributed by atoms with Gasteiger partial charge in [-0.2, -0.15) is 0 Å². The van der Waals surface area contributed by atoms with Gasteiger partial charge in [0.2, 0.25) is 0 Å². The number of H-pyrrole nitrogens is 1. The lowest BCUT2D eigenvalue weighted by Crippen LogP contribution is -2.69. The molecule has 7 atom stereocenters. The Labute approximate surface area is 254 Å². The molecule has 1 spiro atoms. The largest absolute Gasteiger partial charge is 0.385 e. The molecule has 0 amide bonds. The van der Waals surface area contributed by atoms with E-state index in [4.69, 9.17) is 14.2 Å². The van der Waals surface area contributed by atoms with Crippen LogP contribution in [0.4, 0.5) is 0 Å². The van der Waals surface area contributed by atoms with Gasteiger partial charge in [-0.15, -0.1) is 0 Å². The second-order valence-corrected chi connectivity index (χ2v) is 16.9. The van der Waals surface area contributed by atoms with E-state index in [0.717, 1.165) is 25.7 Å². The van der Waals surface area contributed by atoms with Crippen LogP contribution in [-0.2, 0) is 37.3 Å². The number of rotatable bonds is 0. The van der Waals surface area contributed by atoms with Gasteiger partial charge in [-0.05, 0) is 126 Å². The van der Waals surface area contributed by atoms with Crippen molar-refractivity contribution in [3.8, 4) is 0 Å². The van der Waals surface area contributed by atoms with E-state index in [1.807, 2.05) is 13.8 Å². The summed E-state index contributed by atoms with van der Waals surface area (Å²) in [5, 5.41) is 14.2. The van der Waals surface area contributed by atoms with Crippen LogP contribution in [0.3, 0.4) is 0 Å². The quantitative estimate of drug-likeness (QED) is 0.372. The van der Waals surface area contributed by atoms with Gasteiger partial charge in [0.25, 0.3) is 0 Å². The smallest absolute Gasteiger partial charge is 0.195 e. The molecule has 2 bridgehead atoms. The molecule has 4 heterocycles. The Morgan fingerprint density at radius 1 is 0.930 bits per heavy atom. The highest BCUT2D eigenvalue weighted by Gasteiger charge is 2.75. The highest BCUT2D eigenvalue weighted by atomic mass is 16.8. The number of carbonyl (C=O) groups is 1. The summed E-state index contributed by atoms with van der Waals surface area (Å²) in [6.07, 6.45) is 8.34. The molecule has 2 aromatic rings. The number of aromatic amines is 1. The van der Waals surface area contributed by atoms with Crippen molar-refractivity contribution in [3.05, 3.63) is 52.2 Å². The van der Waals surface area contributed by atoms with E-state index in [9.17, 15) is 9.90 Å². The van der Waals surface area contributed by atoms with Crippen molar-refractivity contribution in [2.24, 2.45) is 17.3 Å². The van der Waals surface area contributed by atoms with E-state index < -0.39 is 28.5 Å². The molecule has 1 aromatic carbocycles. The van der Waals surface area contributed by atoms with Crippen molar-refractivity contribution in [2.75, 3.05) is 0 Å². The number of fused-ring (bicyclic) bond motifs is 12. The van der Waals surface area contributed by atoms with Gasteiger partial charge in [-0.1, -0.05) is 13.8 Å². The zero-order valence-corrected chi connectivity index (χ0v) is 26.9. The first-order chi connectivity index (χ1) is 19.9. The fraction of sp³-hybridized carbons (Fsp3) is 0.649. The minimum atomic E-state index is -1.20. The molecular formula is C37H45NO5. The molecule has 228 valence electrons. The van der Waals surface area contributed by atoms with Crippen LogP contribution in [0.15, 0.2) is 29.9 Å². The number of carbonyl (C=O) groups excluding carboxylic acids is 1. The summed E-state index contributed by atoms with van der Waals surface area (Å²) < 4.78 is 19.5. The molecule has 2 saturated carbocycles. The van der Waals surface area contributed by atoms with E-state index in [1.165, 1.54) is 38.9 Å². The summed E-state index contributed by atoms with van der Waals surface area (Å²) >= 11 is 0. The number of hydrogen-bond donors (Lipinski definition) is 2. The average Bonchev–Trinajstić information content (AvgIpc) is 3.58. The van der Waals surface area contributed by atoms with E-state index in [-0.39, 0.29) is 22.4 Å². The molecular weight excluding hydrogens is 538 g/mol. The van der Waals surface area contributed by atoms with Crippen molar-refractivity contribution < 1.29 is 24.1 Å². The standard InChI is InChI=1S/C37H45NO5/c1-31(2)18-24-21-16-26-22(13-19(21)14-25(24)32(3,4)42-31)23-15-20-9-10-36(40)28-17-27(39)30-33(5,6)43-37(28,41-30)12-11-34(36,7)35(20,8)29(23)38-26/h13,16-18,20,25,30,38,40H,9-12,14-15H2,1-8H3/t20-,25-,30?,34+,35+,36+,37-/m0/s1. The summed E-state index contributed by atoms with van der Waals surface area (Å²) in [6.45, 7) is 17.3. The summed E-state index contributed by atoms with van der Waals surface area (Å²) in [5.41, 5.74) is 5.50. The molecule has 1 aromatic heterocycles. The Hall–Kier alpha value is -2.25. The summed E-state index contributed by atoms with van der Waals surface area (Å²) in [7, 11) is 0. The summed E-state index contributed by atoms with van der Waals surface area (Å²) in [4.78, 5) is 17.3. The molecule has 1 saturated heterocycles. The second-order valence-electron chi connectivity index (χ2n) is 16.9. The third kappa shape index (κ3) is 2.94. The number of aliphatic hydroxyl groups is 1. The van der Waals surface area contributed by atoms with Gasteiger partial charge in [0, 0.05) is 45.3 Å². The van der Waals surface area contributed by atoms with Crippen LogP contribution >= 0.6 is 0 Å². The Kier molecular flexibility index (Phi) is 4.67. The minimum Gasteiger partial charge on any atom is -0.385 e. The third-order valence-electron chi connectivity index (χ3n) is 13.5. The van der Waals surface area contributed by atoms with Crippen LogP contribution in [0.25, 0.3) is 16.5 Å². The average molecular weight is 584 g/mol. The summed E-state index contributed by atoms with van der Waals surface area (Å²) in [5.74, 6) is -0.330. The Balaban J connectivity index is 1.18. The van der Waals surface area contributed by atoms with Gasteiger partial charge >= 0.3 is 0 Å².